The zero-order chi connectivity index (χ0) is 19.1. The molecule has 2 N–H and O–H groups in total. The first kappa shape index (κ1) is 18.4. The summed E-state index contributed by atoms with van der Waals surface area (Å²) in [4.78, 5) is 23.9. The largest absolute Gasteiger partial charge is 0.390 e. The van der Waals surface area contributed by atoms with E-state index in [1.807, 2.05) is 0 Å². The Bertz CT molecular complexity index is 763. The number of carbonyl (C=O) groups excluding carboxylic acids is 2. The minimum atomic E-state index is -1.93. The first-order valence-electron chi connectivity index (χ1n) is 9.28. The molecule has 0 bridgehead atoms. The van der Waals surface area contributed by atoms with Gasteiger partial charge in [0.15, 0.2) is 11.5 Å². The van der Waals surface area contributed by atoms with Crippen LogP contribution in [0.3, 0.4) is 0 Å². The molecular formula is C20H25FO4S. The minimum absolute atomic E-state index is 0.00186. The van der Waals surface area contributed by atoms with Gasteiger partial charge in [0.1, 0.15) is 5.60 Å². The van der Waals surface area contributed by atoms with Crippen LogP contribution in [0.4, 0.5) is 4.39 Å². The predicted molar refractivity (Wildman–Crippen MR) is 97.3 cm³/mol. The van der Waals surface area contributed by atoms with Crippen LogP contribution in [0.5, 0.6) is 0 Å². The van der Waals surface area contributed by atoms with Crippen molar-refractivity contribution in [3.8, 4) is 0 Å². The van der Waals surface area contributed by atoms with Crippen molar-refractivity contribution in [2.75, 3.05) is 0 Å². The van der Waals surface area contributed by atoms with Gasteiger partial charge in [-0.25, -0.2) is 4.39 Å². The number of thiol groups is 1. The van der Waals surface area contributed by atoms with Crippen molar-refractivity contribution in [3.05, 3.63) is 23.8 Å². The second kappa shape index (κ2) is 5.30. The number of halogens is 1. The molecule has 7 unspecified atom stereocenters. The van der Waals surface area contributed by atoms with E-state index in [0.29, 0.717) is 19.3 Å². The maximum Gasteiger partial charge on any atom is 0.218 e. The molecule has 0 aromatic heterocycles. The number of fused-ring (bicyclic) bond motifs is 5. The first-order chi connectivity index (χ1) is 12.0. The Hall–Kier alpha value is -0.980. The van der Waals surface area contributed by atoms with Crippen LogP contribution in [0, 0.1) is 22.7 Å². The fourth-order valence-corrected chi connectivity index (χ4v) is 6.93. The lowest BCUT2D eigenvalue weighted by Gasteiger charge is -2.62. The van der Waals surface area contributed by atoms with Crippen LogP contribution in [0.2, 0.25) is 0 Å². The van der Waals surface area contributed by atoms with Crippen molar-refractivity contribution in [2.45, 2.75) is 63.3 Å². The van der Waals surface area contributed by atoms with Crippen LogP contribution in [0.25, 0.3) is 0 Å². The fraction of sp³-hybridized carbons (Fsp3) is 0.700. The highest BCUT2D eigenvalue weighted by Gasteiger charge is 2.73. The molecule has 3 fully saturated rings. The topological polar surface area (TPSA) is 74.6 Å². The second-order valence-corrected chi connectivity index (χ2v) is 9.38. The number of hydrogen-bond acceptors (Lipinski definition) is 4. The van der Waals surface area contributed by atoms with Gasteiger partial charge in [0.25, 0.3) is 0 Å². The maximum absolute atomic E-state index is 16.7. The molecule has 0 aliphatic heterocycles. The summed E-state index contributed by atoms with van der Waals surface area (Å²) in [7, 11) is 0. The molecule has 4 rings (SSSR count). The van der Waals surface area contributed by atoms with Crippen molar-refractivity contribution in [1.29, 1.82) is 0 Å². The zero-order valence-electron chi connectivity index (χ0n) is 15.0. The van der Waals surface area contributed by atoms with E-state index in [0.717, 1.165) is 5.57 Å². The lowest BCUT2D eigenvalue weighted by atomic mass is 9.45. The summed E-state index contributed by atoms with van der Waals surface area (Å²) in [5.74, 6) is -0.857. The molecule has 0 aromatic rings. The summed E-state index contributed by atoms with van der Waals surface area (Å²) in [6, 6.07) is 0. The molecule has 0 spiro atoms. The monoisotopic (exact) mass is 380 g/mol. The summed E-state index contributed by atoms with van der Waals surface area (Å²) >= 11 is 3.90. The number of hydrogen-bond donors (Lipinski definition) is 3. The van der Waals surface area contributed by atoms with E-state index in [1.165, 1.54) is 12.2 Å². The van der Waals surface area contributed by atoms with Gasteiger partial charge in [-0.15, -0.1) is 12.6 Å². The molecule has 7 atom stereocenters. The molecule has 3 saturated carbocycles. The molecule has 6 heteroatoms. The van der Waals surface area contributed by atoms with Crippen LogP contribution in [-0.2, 0) is 9.59 Å². The van der Waals surface area contributed by atoms with Gasteiger partial charge in [-0.2, -0.15) is 0 Å². The van der Waals surface area contributed by atoms with E-state index in [1.54, 1.807) is 19.9 Å². The van der Waals surface area contributed by atoms with Crippen LogP contribution in [0.1, 0.15) is 46.0 Å². The van der Waals surface area contributed by atoms with Gasteiger partial charge in [0.05, 0.1) is 6.10 Å². The first-order valence-corrected chi connectivity index (χ1v) is 9.72. The fourth-order valence-electron chi connectivity index (χ4n) is 6.57. The average Bonchev–Trinajstić information content (AvgIpc) is 2.83. The molecule has 4 nitrogen and oxygen atoms in total. The SMILES string of the molecule is CC12C=CC(=O)C=C1CCC1C3CCC(O)(C(=O)S)C3(C)CC(O)C12F. The van der Waals surface area contributed by atoms with E-state index in [2.05, 4.69) is 12.6 Å². The molecule has 0 amide bonds. The van der Waals surface area contributed by atoms with Crippen LogP contribution in [-0.4, -0.2) is 38.5 Å². The Labute approximate surface area is 158 Å². The Morgan fingerprint density at radius 2 is 2.00 bits per heavy atom. The van der Waals surface area contributed by atoms with E-state index >= 15 is 4.39 Å². The molecule has 0 heterocycles. The summed E-state index contributed by atoms with van der Waals surface area (Å²) in [6.07, 6.45) is 4.99. The van der Waals surface area contributed by atoms with Crippen molar-refractivity contribution in [1.82, 2.24) is 0 Å². The van der Waals surface area contributed by atoms with Crippen LogP contribution >= 0.6 is 12.6 Å². The highest BCUT2D eigenvalue weighted by atomic mass is 32.1. The van der Waals surface area contributed by atoms with E-state index < -0.39 is 39.2 Å². The summed E-state index contributed by atoms with van der Waals surface area (Å²) in [5.41, 5.74) is -4.79. The van der Waals surface area contributed by atoms with E-state index in [9.17, 15) is 19.8 Å². The number of allylic oxidation sites excluding steroid dienone is 4. The highest BCUT2D eigenvalue weighted by molar-refractivity contribution is 7.96. The summed E-state index contributed by atoms with van der Waals surface area (Å²) < 4.78 is 16.7. The zero-order valence-corrected chi connectivity index (χ0v) is 15.9. The van der Waals surface area contributed by atoms with Gasteiger partial charge in [-0.3, -0.25) is 9.59 Å². The van der Waals surface area contributed by atoms with Gasteiger partial charge in [-0.05, 0) is 57.1 Å². The molecule has 4 aliphatic rings. The predicted octanol–water partition coefficient (Wildman–Crippen LogP) is 2.54. The molecule has 26 heavy (non-hydrogen) atoms. The number of alkyl halides is 1. The van der Waals surface area contributed by atoms with Crippen LogP contribution in [0.15, 0.2) is 23.8 Å². The van der Waals surface area contributed by atoms with E-state index in [4.69, 9.17) is 0 Å². The van der Waals surface area contributed by atoms with Gasteiger partial charge in [-0.1, -0.05) is 18.6 Å². The third-order valence-electron chi connectivity index (χ3n) is 8.15. The lowest BCUT2D eigenvalue weighted by Crippen LogP contribution is -2.68. The van der Waals surface area contributed by atoms with Gasteiger partial charge < -0.3 is 10.2 Å². The molecule has 0 radical (unpaired) electrons. The third kappa shape index (κ3) is 1.88. The van der Waals surface area contributed by atoms with Crippen molar-refractivity contribution < 1.29 is 24.2 Å². The Morgan fingerprint density at radius 3 is 2.65 bits per heavy atom. The number of aliphatic hydroxyl groups is 2. The lowest BCUT2D eigenvalue weighted by molar-refractivity contribution is -0.214. The third-order valence-corrected chi connectivity index (χ3v) is 8.52. The quantitative estimate of drug-likeness (QED) is 0.611. The van der Waals surface area contributed by atoms with Crippen molar-refractivity contribution in [3.63, 3.8) is 0 Å². The van der Waals surface area contributed by atoms with E-state index in [-0.39, 0.29) is 24.5 Å². The molecule has 142 valence electrons. The van der Waals surface area contributed by atoms with Crippen LogP contribution < -0.4 is 0 Å². The number of carbonyl (C=O) groups is 2. The Kier molecular flexibility index (Phi) is 3.75. The number of aliphatic hydroxyl groups excluding tert-OH is 1. The average molecular weight is 380 g/mol. The van der Waals surface area contributed by atoms with Crippen molar-refractivity contribution >= 4 is 23.5 Å². The minimum Gasteiger partial charge on any atom is -0.390 e. The van der Waals surface area contributed by atoms with Gasteiger partial charge >= 0.3 is 0 Å². The Balaban J connectivity index is 1.83. The standard InChI is InChI=1S/C20H25FO4S/c1-17-7-5-12(22)9-11(17)3-4-14-13-6-8-19(25,16(24)26)18(13,2)10-15(23)20(14,17)21/h5,7,9,13-15,23,25H,3-4,6,8,10H2,1-2H3,(H,24,26). The smallest absolute Gasteiger partial charge is 0.218 e. The maximum atomic E-state index is 16.7. The highest BCUT2D eigenvalue weighted by Crippen LogP contribution is 2.69. The molecule has 0 saturated heterocycles. The van der Waals surface area contributed by atoms with Crippen molar-refractivity contribution in [2.24, 2.45) is 22.7 Å². The second-order valence-electron chi connectivity index (χ2n) is 8.97. The summed E-state index contributed by atoms with van der Waals surface area (Å²) in [6.45, 7) is 3.54. The van der Waals surface area contributed by atoms with Gasteiger partial charge in [0, 0.05) is 16.7 Å². The molecule has 4 aliphatic carbocycles. The number of ketones is 1. The number of rotatable bonds is 1. The normalized spacial score (nSPS) is 52.8. The Morgan fingerprint density at radius 1 is 1.31 bits per heavy atom. The molecular weight excluding hydrogens is 355 g/mol. The molecule has 0 aromatic carbocycles. The summed E-state index contributed by atoms with van der Waals surface area (Å²) in [5, 5.41) is 21.4. The van der Waals surface area contributed by atoms with Gasteiger partial charge in [0.2, 0.25) is 5.12 Å².